The van der Waals surface area contributed by atoms with Gasteiger partial charge in [-0.15, -0.1) is 0 Å². The van der Waals surface area contributed by atoms with Crippen LogP contribution in [0.5, 0.6) is 11.5 Å². The Bertz CT molecular complexity index is 2050. The molecule has 0 spiro atoms. The van der Waals surface area contributed by atoms with Crippen LogP contribution in [0.25, 0.3) is 0 Å². The first-order valence-corrected chi connectivity index (χ1v) is 17.7. The Morgan fingerprint density at radius 2 is 1.34 bits per heavy atom. The van der Waals surface area contributed by atoms with Crippen molar-refractivity contribution < 1.29 is 22.7 Å². The molecule has 0 aliphatic heterocycles. The molecule has 0 saturated carbocycles. The van der Waals surface area contributed by atoms with Crippen molar-refractivity contribution in [1.82, 2.24) is 15.6 Å². The van der Waals surface area contributed by atoms with E-state index in [1.165, 1.54) is 24.4 Å². The maximum atomic E-state index is 14.1. The fraction of sp³-hybridized carbons (Fsp3) is 0.182. The van der Waals surface area contributed by atoms with Crippen molar-refractivity contribution in [1.29, 1.82) is 0 Å². The molecule has 1 amide bonds. The van der Waals surface area contributed by atoms with Crippen molar-refractivity contribution in [2.45, 2.75) is 44.4 Å². The first-order valence-electron chi connectivity index (χ1n) is 17.3. The summed E-state index contributed by atoms with van der Waals surface area (Å²) in [6, 6.07) is 42.5. The van der Waals surface area contributed by atoms with Crippen LogP contribution in [0.1, 0.15) is 55.7 Å². The van der Waals surface area contributed by atoms with Gasteiger partial charge in [0.2, 0.25) is 0 Å². The van der Waals surface area contributed by atoms with E-state index in [2.05, 4.69) is 64.1 Å². The third-order valence-corrected chi connectivity index (χ3v) is 9.48. The molecule has 0 aliphatic rings. The minimum Gasteiger partial charge on any atom is -0.455 e. The van der Waals surface area contributed by atoms with Crippen molar-refractivity contribution in [3.63, 3.8) is 0 Å². The second-order valence-corrected chi connectivity index (χ2v) is 13.4. The monoisotopic (exact) mass is 733 g/mol. The lowest BCUT2D eigenvalue weighted by Crippen LogP contribution is -2.47. The zero-order chi connectivity index (χ0) is 37.4. The predicted molar refractivity (Wildman–Crippen MR) is 203 cm³/mol. The van der Waals surface area contributed by atoms with Crippen molar-refractivity contribution in [3.05, 3.63) is 195 Å². The van der Waals surface area contributed by atoms with Crippen LogP contribution >= 0.6 is 11.6 Å². The summed E-state index contributed by atoms with van der Waals surface area (Å²) in [7, 11) is 0. The third-order valence-electron chi connectivity index (χ3n) is 9.27. The number of hydrogen-bond donors (Lipinski definition) is 2. The molecule has 2 N–H and O–H groups in total. The number of pyridine rings is 1. The van der Waals surface area contributed by atoms with Gasteiger partial charge in [-0.2, -0.15) is 13.2 Å². The zero-order valence-electron chi connectivity index (χ0n) is 29.3. The molecular formula is C44H39ClF3N3O2. The first kappa shape index (κ1) is 37.3. The summed E-state index contributed by atoms with van der Waals surface area (Å²) in [5.41, 5.74) is 4.98. The van der Waals surface area contributed by atoms with Gasteiger partial charge in [0.1, 0.15) is 10.9 Å². The molecule has 1 aromatic heterocycles. The van der Waals surface area contributed by atoms with Gasteiger partial charge in [-0.1, -0.05) is 132 Å². The normalized spacial score (nSPS) is 12.3. The van der Waals surface area contributed by atoms with E-state index in [9.17, 15) is 18.0 Å². The number of halogens is 4. The molecule has 0 bridgehead atoms. The van der Waals surface area contributed by atoms with Crippen LogP contribution in [-0.2, 0) is 18.1 Å². The molecule has 0 fully saturated rings. The van der Waals surface area contributed by atoms with Crippen molar-refractivity contribution in [2.24, 2.45) is 0 Å². The van der Waals surface area contributed by atoms with Crippen LogP contribution in [0.4, 0.5) is 13.2 Å². The molecule has 5 nitrogen and oxygen atoms in total. The average molecular weight is 734 g/mol. The van der Waals surface area contributed by atoms with Gasteiger partial charge in [-0.3, -0.25) is 10.1 Å². The lowest BCUT2D eigenvalue weighted by Gasteiger charge is -2.37. The fourth-order valence-electron chi connectivity index (χ4n) is 6.67. The van der Waals surface area contributed by atoms with Gasteiger partial charge in [0.25, 0.3) is 5.91 Å². The van der Waals surface area contributed by atoms with Crippen molar-refractivity contribution >= 4 is 17.5 Å². The Hall–Kier alpha value is -5.44. The third kappa shape index (κ3) is 8.96. The van der Waals surface area contributed by atoms with E-state index in [1.807, 2.05) is 74.5 Å². The summed E-state index contributed by atoms with van der Waals surface area (Å²) in [4.78, 5) is 18.2. The van der Waals surface area contributed by atoms with E-state index in [0.717, 1.165) is 45.5 Å². The van der Waals surface area contributed by atoms with E-state index in [4.69, 9.17) is 16.3 Å². The Balaban J connectivity index is 1.32. The van der Waals surface area contributed by atoms with E-state index in [1.54, 1.807) is 0 Å². The summed E-state index contributed by atoms with van der Waals surface area (Å²) in [5, 5.41) is 7.14. The first-order chi connectivity index (χ1) is 25.5. The van der Waals surface area contributed by atoms with Gasteiger partial charge in [0.15, 0.2) is 5.75 Å². The van der Waals surface area contributed by atoms with Crippen LogP contribution in [-0.4, -0.2) is 23.5 Å². The van der Waals surface area contributed by atoms with E-state index >= 15 is 0 Å². The minimum atomic E-state index is -4.56. The van der Waals surface area contributed by atoms with Crippen molar-refractivity contribution in [2.75, 3.05) is 6.54 Å². The number of amides is 1. The minimum absolute atomic E-state index is 0.0223. The standard InChI is InChI=1S/C44H39ClF3N3O2/c1-30-21-22-32(31(2)25-30)26-37(51-42(52)39-28-41(45)49-29-40(39)53-38-20-12-19-36(27-38)44(46,47)48)23-24-50-43(33-13-6-3-7-14-33,34-15-8-4-9-16-34)35-17-10-5-11-18-35/h3-22,25,27-29,37,50H,23-24,26H2,1-2H3,(H,51,52)/t37-/m0/s1. The van der Waals surface area contributed by atoms with Crippen LogP contribution in [0.2, 0.25) is 5.15 Å². The molecule has 1 atom stereocenters. The number of carbonyl (C=O) groups excluding carboxylic acids is 1. The van der Waals surface area contributed by atoms with Crippen LogP contribution in [0.15, 0.2) is 146 Å². The highest BCUT2D eigenvalue weighted by molar-refractivity contribution is 6.29. The van der Waals surface area contributed by atoms with Gasteiger partial charge in [-0.05, 0) is 85.3 Å². The highest BCUT2D eigenvalue weighted by Gasteiger charge is 2.36. The highest BCUT2D eigenvalue weighted by Crippen LogP contribution is 2.37. The molecule has 1 heterocycles. The summed E-state index contributed by atoms with van der Waals surface area (Å²) in [5.74, 6) is -0.606. The average Bonchev–Trinajstić information content (AvgIpc) is 3.16. The lowest BCUT2D eigenvalue weighted by molar-refractivity contribution is -0.137. The van der Waals surface area contributed by atoms with Crippen molar-refractivity contribution in [3.8, 4) is 11.5 Å². The van der Waals surface area contributed by atoms with E-state index in [-0.39, 0.29) is 28.3 Å². The number of hydrogen-bond acceptors (Lipinski definition) is 4. The number of rotatable bonds is 13. The number of aryl methyl sites for hydroxylation is 2. The number of carbonyl (C=O) groups is 1. The lowest BCUT2D eigenvalue weighted by atomic mass is 9.77. The molecule has 6 aromatic rings. The summed E-state index contributed by atoms with van der Waals surface area (Å²) >= 11 is 6.25. The molecule has 53 heavy (non-hydrogen) atoms. The number of benzene rings is 5. The molecule has 0 saturated heterocycles. The topological polar surface area (TPSA) is 63.2 Å². The molecule has 9 heteroatoms. The Morgan fingerprint density at radius 1 is 0.755 bits per heavy atom. The molecule has 270 valence electrons. The molecule has 5 aromatic carbocycles. The smallest absolute Gasteiger partial charge is 0.416 e. The van der Waals surface area contributed by atoms with Crippen LogP contribution < -0.4 is 15.4 Å². The Kier molecular flexibility index (Phi) is 11.6. The molecule has 6 rings (SSSR count). The quantitative estimate of drug-likeness (QED) is 0.0916. The summed E-state index contributed by atoms with van der Waals surface area (Å²) < 4.78 is 46.2. The fourth-order valence-corrected chi connectivity index (χ4v) is 6.83. The Morgan fingerprint density at radius 3 is 1.91 bits per heavy atom. The van der Waals surface area contributed by atoms with Gasteiger partial charge in [0, 0.05) is 6.04 Å². The van der Waals surface area contributed by atoms with E-state index < -0.39 is 23.2 Å². The summed E-state index contributed by atoms with van der Waals surface area (Å²) in [6.07, 6.45) is -2.27. The number of ether oxygens (including phenoxy) is 1. The SMILES string of the molecule is Cc1ccc(C[C@H](CCNC(c2ccccc2)(c2ccccc2)c2ccccc2)NC(=O)c2cc(Cl)ncc2Oc2cccc(C(F)(F)F)c2)c(C)c1. The molecule has 0 aliphatic carbocycles. The molecular weight excluding hydrogens is 695 g/mol. The maximum Gasteiger partial charge on any atom is 0.416 e. The van der Waals surface area contributed by atoms with Crippen LogP contribution in [0, 0.1) is 13.8 Å². The molecule has 0 unspecified atom stereocenters. The number of nitrogens with one attached hydrogen (secondary N) is 2. The van der Waals surface area contributed by atoms with Gasteiger partial charge in [0.05, 0.1) is 22.9 Å². The summed E-state index contributed by atoms with van der Waals surface area (Å²) in [6.45, 7) is 4.59. The predicted octanol–water partition coefficient (Wildman–Crippen LogP) is 10.5. The van der Waals surface area contributed by atoms with E-state index in [0.29, 0.717) is 19.4 Å². The number of aromatic nitrogens is 1. The maximum absolute atomic E-state index is 14.1. The second-order valence-electron chi connectivity index (χ2n) is 13.0. The number of nitrogens with zero attached hydrogens (tertiary/aromatic N) is 1. The largest absolute Gasteiger partial charge is 0.455 e. The zero-order valence-corrected chi connectivity index (χ0v) is 30.1. The number of alkyl halides is 3. The highest BCUT2D eigenvalue weighted by atomic mass is 35.5. The van der Waals surface area contributed by atoms with Crippen LogP contribution in [0.3, 0.4) is 0 Å². The second kappa shape index (κ2) is 16.5. The van der Waals surface area contributed by atoms with Gasteiger partial charge >= 0.3 is 6.18 Å². The molecule has 0 radical (unpaired) electrons. The Labute approximate surface area is 312 Å². The van der Waals surface area contributed by atoms with Gasteiger partial charge in [-0.25, -0.2) is 4.98 Å². The van der Waals surface area contributed by atoms with Gasteiger partial charge < -0.3 is 10.1 Å².